The summed E-state index contributed by atoms with van der Waals surface area (Å²) >= 11 is 0. The standard InChI is InChI=1S/C10H8N2O/c11-4-6-13-9-1-2-10-8(7-9)3-5-12-10/h1-3,5,7,12H,6H2. The molecule has 2 rings (SSSR count). The number of H-pyrrole nitrogens is 1. The quantitative estimate of drug-likeness (QED) is 0.753. The average molecular weight is 172 g/mol. The molecular weight excluding hydrogens is 164 g/mol. The maximum Gasteiger partial charge on any atom is 0.174 e. The van der Waals surface area contributed by atoms with E-state index in [2.05, 4.69) is 4.98 Å². The van der Waals surface area contributed by atoms with Crippen LogP contribution in [0.4, 0.5) is 0 Å². The highest BCUT2D eigenvalue weighted by molar-refractivity contribution is 5.80. The third kappa shape index (κ3) is 1.47. The lowest BCUT2D eigenvalue weighted by Crippen LogP contribution is -1.92. The van der Waals surface area contributed by atoms with Crippen LogP contribution in [-0.2, 0) is 0 Å². The van der Waals surface area contributed by atoms with Crippen LogP contribution in [0.2, 0.25) is 0 Å². The average Bonchev–Trinajstić information content (AvgIpc) is 2.61. The highest BCUT2D eigenvalue weighted by Crippen LogP contribution is 2.19. The predicted octanol–water partition coefficient (Wildman–Crippen LogP) is 2.07. The minimum absolute atomic E-state index is 0.0932. The minimum Gasteiger partial charge on any atom is -0.479 e. The zero-order valence-corrected chi connectivity index (χ0v) is 6.95. The van der Waals surface area contributed by atoms with Gasteiger partial charge < -0.3 is 9.72 Å². The molecule has 0 fully saturated rings. The summed E-state index contributed by atoms with van der Waals surface area (Å²) in [6.07, 6.45) is 1.87. The van der Waals surface area contributed by atoms with E-state index in [-0.39, 0.29) is 6.61 Å². The van der Waals surface area contributed by atoms with Gasteiger partial charge in [0.05, 0.1) is 0 Å². The largest absolute Gasteiger partial charge is 0.479 e. The van der Waals surface area contributed by atoms with Crippen LogP contribution in [-0.4, -0.2) is 11.6 Å². The summed E-state index contributed by atoms with van der Waals surface area (Å²) < 4.78 is 5.16. The van der Waals surface area contributed by atoms with Crippen molar-refractivity contribution in [2.45, 2.75) is 0 Å². The molecule has 2 aromatic rings. The molecule has 0 radical (unpaired) electrons. The Morgan fingerprint density at radius 2 is 2.31 bits per heavy atom. The van der Waals surface area contributed by atoms with E-state index in [9.17, 15) is 0 Å². The minimum atomic E-state index is 0.0932. The van der Waals surface area contributed by atoms with Gasteiger partial charge in [-0.25, -0.2) is 0 Å². The van der Waals surface area contributed by atoms with Crippen molar-refractivity contribution >= 4 is 10.9 Å². The third-order valence-corrected chi connectivity index (χ3v) is 1.83. The number of benzene rings is 1. The fourth-order valence-electron chi connectivity index (χ4n) is 1.24. The Kier molecular flexibility index (Phi) is 1.89. The molecule has 3 heteroatoms. The van der Waals surface area contributed by atoms with E-state index < -0.39 is 0 Å². The van der Waals surface area contributed by atoms with Gasteiger partial charge in [-0.3, -0.25) is 0 Å². The van der Waals surface area contributed by atoms with Gasteiger partial charge >= 0.3 is 0 Å². The van der Waals surface area contributed by atoms with Gasteiger partial charge in [-0.1, -0.05) is 0 Å². The first-order chi connectivity index (χ1) is 6.40. The fourth-order valence-corrected chi connectivity index (χ4v) is 1.24. The smallest absolute Gasteiger partial charge is 0.174 e. The second-order valence-electron chi connectivity index (χ2n) is 2.67. The first-order valence-electron chi connectivity index (χ1n) is 3.97. The topological polar surface area (TPSA) is 48.8 Å². The first-order valence-corrected chi connectivity index (χ1v) is 3.97. The van der Waals surface area contributed by atoms with Gasteiger partial charge in [0.15, 0.2) is 6.61 Å². The summed E-state index contributed by atoms with van der Waals surface area (Å²) in [5.74, 6) is 0.730. The highest BCUT2D eigenvalue weighted by Gasteiger charge is 1.96. The molecule has 0 saturated heterocycles. The Balaban J connectivity index is 2.33. The molecule has 0 amide bonds. The lowest BCUT2D eigenvalue weighted by molar-refractivity contribution is 0.368. The molecule has 3 nitrogen and oxygen atoms in total. The fraction of sp³-hybridized carbons (Fsp3) is 0.100. The van der Waals surface area contributed by atoms with Crippen molar-refractivity contribution in [3.63, 3.8) is 0 Å². The van der Waals surface area contributed by atoms with Crippen LogP contribution in [0.1, 0.15) is 0 Å². The normalized spacial score (nSPS) is 9.77. The number of nitriles is 1. The third-order valence-electron chi connectivity index (χ3n) is 1.83. The monoisotopic (exact) mass is 172 g/mol. The van der Waals surface area contributed by atoms with Gasteiger partial charge in [0.1, 0.15) is 11.8 Å². The first kappa shape index (κ1) is 7.69. The summed E-state index contributed by atoms with van der Waals surface area (Å²) in [6, 6.07) is 9.58. The van der Waals surface area contributed by atoms with Gasteiger partial charge in [-0.05, 0) is 24.3 Å². The molecule has 0 bridgehead atoms. The zero-order valence-electron chi connectivity index (χ0n) is 6.95. The second kappa shape index (κ2) is 3.20. The van der Waals surface area contributed by atoms with Crippen LogP contribution < -0.4 is 4.74 Å². The Morgan fingerprint density at radius 1 is 1.38 bits per heavy atom. The van der Waals surface area contributed by atoms with E-state index in [1.165, 1.54) is 0 Å². The number of aromatic amines is 1. The molecule has 0 unspecified atom stereocenters. The van der Waals surface area contributed by atoms with Gasteiger partial charge in [0.25, 0.3) is 0 Å². The number of ether oxygens (including phenoxy) is 1. The van der Waals surface area contributed by atoms with Crippen LogP contribution in [0.15, 0.2) is 30.5 Å². The number of nitrogens with zero attached hydrogens (tertiary/aromatic N) is 1. The molecule has 1 N–H and O–H groups in total. The summed E-state index contributed by atoms with van der Waals surface area (Å²) in [5, 5.41) is 9.41. The van der Waals surface area contributed by atoms with Crippen LogP contribution in [0.25, 0.3) is 10.9 Å². The van der Waals surface area contributed by atoms with Crippen molar-refractivity contribution in [1.29, 1.82) is 5.26 Å². The lowest BCUT2D eigenvalue weighted by atomic mass is 10.2. The van der Waals surface area contributed by atoms with Crippen LogP contribution in [0, 0.1) is 11.3 Å². The molecule has 1 aromatic heterocycles. The van der Waals surface area contributed by atoms with Crippen molar-refractivity contribution in [3.8, 4) is 11.8 Å². The molecule has 0 aliphatic heterocycles. The van der Waals surface area contributed by atoms with Crippen molar-refractivity contribution in [3.05, 3.63) is 30.5 Å². The number of hydrogen-bond donors (Lipinski definition) is 1. The molecule has 13 heavy (non-hydrogen) atoms. The molecule has 1 heterocycles. The molecule has 0 atom stereocenters. The van der Waals surface area contributed by atoms with Crippen molar-refractivity contribution in [1.82, 2.24) is 4.98 Å². The van der Waals surface area contributed by atoms with Gasteiger partial charge in [0.2, 0.25) is 0 Å². The highest BCUT2D eigenvalue weighted by atomic mass is 16.5. The van der Waals surface area contributed by atoms with Crippen LogP contribution >= 0.6 is 0 Å². The van der Waals surface area contributed by atoms with Gasteiger partial charge in [-0.2, -0.15) is 5.26 Å². The van der Waals surface area contributed by atoms with Gasteiger partial charge in [-0.15, -0.1) is 0 Å². The summed E-state index contributed by atoms with van der Waals surface area (Å²) in [7, 11) is 0. The van der Waals surface area contributed by atoms with E-state index >= 15 is 0 Å². The molecule has 0 spiro atoms. The maximum absolute atomic E-state index is 8.32. The van der Waals surface area contributed by atoms with E-state index in [0.717, 1.165) is 16.7 Å². The lowest BCUT2D eigenvalue weighted by Gasteiger charge is -2.00. The zero-order chi connectivity index (χ0) is 9.10. The van der Waals surface area contributed by atoms with Crippen molar-refractivity contribution in [2.24, 2.45) is 0 Å². The molecule has 64 valence electrons. The SMILES string of the molecule is N#CCOc1ccc2[nH]ccc2c1. The molecule has 0 saturated carbocycles. The Hall–Kier alpha value is -1.95. The number of rotatable bonds is 2. The van der Waals surface area contributed by atoms with Crippen molar-refractivity contribution < 1.29 is 4.74 Å². The second-order valence-corrected chi connectivity index (χ2v) is 2.67. The number of hydrogen-bond acceptors (Lipinski definition) is 2. The van der Waals surface area contributed by atoms with Crippen LogP contribution in [0.5, 0.6) is 5.75 Å². The summed E-state index contributed by atoms with van der Waals surface area (Å²) in [5.41, 5.74) is 1.07. The van der Waals surface area contributed by atoms with E-state index in [0.29, 0.717) is 0 Å². The predicted molar refractivity (Wildman–Crippen MR) is 49.4 cm³/mol. The maximum atomic E-state index is 8.32. The number of fused-ring (bicyclic) bond motifs is 1. The molecule has 0 aliphatic carbocycles. The molecule has 0 aliphatic rings. The molecular formula is C10H8N2O. The Morgan fingerprint density at radius 3 is 3.15 bits per heavy atom. The van der Waals surface area contributed by atoms with Crippen LogP contribution in [0.3, 0.4) is 0 Å². The van der Waals surface area contributed by atoms with E-state index in [4.69, 9.17) is 10.00 Å². The summed E-state index contributed by atoms with van der Waals surface area (Å²) in [4.78, 5) is 3.08. The van der Waals surface area contributed by atoms with Crippen molar-refractivity contribution in [2.75, 3.05) is 6.61 Å². The van der Waals surface area contributed by atoms with E-state index in [1.807, 2.05) is 36.5 Å². The van der Waals surface area contributed by atoms with Gasteiger partial charge in [0, 0.05) is 17.1 Å². The number of nitrogens with one attached hydrogen (secondary N) is 1. The molecule has 1 aromatic carbocycles. The Bertz CT molecular complexity index is 453. The number of aromatic nitrogens is 1. The Labute approximate surface area is 75.6 Å². The summed E-state index contributed by atoms with van der Waals surface area (Å²) in [6.45, 7) is 0.0932. The van der Waals surface area contributed by atoms with E-state index in [1.54, 1.807) is 0 Å².